The number of aromatic nitrogens is 1. The SMILES string of the molecule is CCC(CC)c1cc[n+](CC(=O)NCc2ccc(Cl)cc2)cc1. The Kier molecular flexibility index (Phi) is 6.60. The van der Waals surface area contributed by atoms with Crippen molar-refractivity contribution in [2.75, 3.05) is 0 Å². The molecule has 0 unspecified atom stereocenters. The Labute approximate surface area is 143 Å². The number of amides is 1. The second kappa shape index (κ2) is 8.68. The van der Waals surface area contributed by atoms with Gasteiger partial charge in [0.15, 0.2) is 12.4 Å². The monoisotopic (exact) mass is 331 g/mol. The molecule has 1 aromatic carbocycles. The Morgan fingerprint density at radius 3 is 2.26 bits per heavy atom. The lowest BCUT2D eigenvalue weighted by atomic mass is 9.95. The van der Waals surface area contributed by atoms with Gasteiger partial charge in [-0.25, -0.2) is 0 Å². The summed E-state index contributed by atoms with van der Waals surface area (Å²) in [7, 11) is 0. The van der Waals surface area contributed by atoms with Crippen LogP contribution in [0.4, 0.5) is 0 Å². The van der Waals surface area contributed by atoms with Crippen molar-refractivity contribution >= 4 is 17.5 Å². The highest BCUT2D eigenvalue weighted by molar-refractivity contribution is 6.30. The molecule has 0 aliphatic rings. The summed E-state index contributed by atoms with van der Waals surface area (Å²) < 4.78 is 1.91. The molecule has 0 aliphatic heterocycles. The Morgan fingerprint density at radius 1 is 1.09 bits per heavy atom. The molecule has 1 N–H and O–H groups in total. The summed E-state index contributed by atoms with van der Waals surface area (Å²) in [5.41, 5.74) is 2.38. The standard InChI is InChI=1S/C19H23ClN2O/c1-3-16(4-2)17-9-11-22(12-10-17)14-19(23)21-13-15-5-7-18(20)8-6-15/h5-12,16H,3-4,13-14H2,1-2H3/p+1. The molecule has 0 saturated heterocycles. The second-order valence-electron chi connectivity index (χ2n) is 5.72. The minimum atomic E-state index is 0.000216. The van der Waals surface area contributed by atoms with E-state index in [1.165, 1.54) is 5.56 Å². The molecule has 0 bridgehead atoms. The first kappa shape index (κ1) is 17.5. The minimum Gasteiger partial charge on any atom is -0.347 e. The van der Waals surface area contributed by atoms with Crippen LogP contribution in [-0.4, -0.2) is 5.91 Å². The Morgan fingerprint density at radius 2 is 1.70 bits per heavy atom. The molecule has 0 saturated carbocycles. The third kappa shape index (κ3) is 5.36. The van der Waals surface area contributed by atoms with Crippen molar-refractivity contribution < 1.29 is 9.36 Å². The number of carbonyl (C=O) groups is 1. The van der Waals surface area contributed by atoms with Crippen molar-refractivity contribution in [1.82, 2.24) is 5.32 Å². The summed E-state index contributed by atoms with van der Waals surface area (Å²) in [5.74, 6) is 0.601. The molecule has 1 heterocycles. The Hall–Kier alpha value is -1.87. The molecule has 0 fully saturated rings. The largest absolute Gasteiger partial charge is 0.347 e. The number of pyridine rings is 1. The van der Waals surface area contributed by atoms with E-state index in [1.807, 2.05) is 41.2 Å². The van der Waals surface area contributed by atoms with E-state index in [4.69, 9.17) is 11.6 Å². The first-order valence-electron chi connectivity index (χ1n) is 8.12. The van der Waals surface area contributed by atoms with E-state index in [1.54, 1.807) is 0 Å². The summed E-state index contributed by atoms with van der Waals surface area (Å²) in [6, 6.07) is 11.7. The van der Waals surface area contributed by atoms with Crippen LogP contribution in [0.2, 0.25) is 5.02 Å². The average molecular weight is 332 g/mol. The molecule has 0 spiro atoms. The van der Waals surface area contributed by atoms with Crippen molar-refractivity contribution in [3.05, 3.63) is 64.9 Å². The molecule has 0 radical (unpaired) electrons. The van der Waals surface area contributed by atoms with E-state index in [9.17, 15) is 4.79 Å². The summed E-state index contributed by atoms with van der Waals surface area (Å²) in [6.45, 7) is 5.26. The molecular formula is C19H24ClN2O+. The van der Waals surface area contributed by atoms with Crippen molar-refractivity contribution in [1.29, 1.82) is 0 Å². The van der Waals surface area contributed by atoms with Crippen molar-refractivity contribution in [2.45, 2.75) is 45.7 Å². The van der Waals surface area contributed by atoms with Gasteiger partial charge in [0.1, 0.15) is 0 Å². The summed E-state index contributed by atoms with van der Waals surface area (Å²) in [4.78, 5) is 12.0. The Bertz CT molecular complexity index is 619. The Balaban J connectivity index is 1.86. The zero-order chi connectivity index (χ0) is 16.7. The van der Waals surface area contributed by atoms with Crippen LogP contribution in [0.5, 0.6) is 0 Å². The van der Waals surface area contributed by atoms with Crippen LogP contribution in [0.15, 0.2) is 48.8 Å². The molecule has 3 nitrogen and oxygen atoms in total. The number of nitrogens with zero attached hydrogens (tertiary/aromatic N) is 1. The van der Waals surface area contributed by atoms with Gasteiger partial charge in [-0.15, -0.1) is 0 Å². The molecule has 1 aromatic heterocycles. The van der Waals surface area contributed by atoms with Gasteiger partial charge < -0.3 is 5.32 Å². The lowest BCUT2D eigenvalue weighted by Gasteiger charge is -2.11. The number of rotatable bonds is 7. The highest BCUT2D eigenvalue weighted by atomic mass is 35.5. The molecule has 1 amide bonds. The van der Waals surface area contributed by atoms with Gasteiger partial charge in [-0.2, -0.15) is 4.57 Å². The van der Waals surface area contributed by atoms with Gasteiger partial charge >= 0.3 is 0 Å². The topological polar surface area (TPSA) is 33.0 Å². The molecule has 2 rings (SSSR count). The van der Waals surface area contributed by atoms with Gasteiger partial charge in [0.25, 0.3) is 5.91 Å². The molecule has 23 heavy (non-hydrogen) atoms. The van der Waals surface area contributed by atoms with Gasteiger partial charge in [-0.3, -0.25) is 4.79 Å². The van der Waals surface area contributed by atoms with Gasteiger partial charge in [0, 0.05) is 23.7 Å². The highest BCUT2D eigenvalue weighted by Crippen LogP contribution is 2.21. The minimum absolute atomic E-state index is 0.000216. The molecule has 0 aliphatic carbocycles. The third-order valence-corrected chi connectivity index (χ3v) is 4.36. The first-order valence-corrected chi connectivity index (χ1v) is 8.50. The van der Waals surface area contributed by atoms with Gasteiger partial charge in [-0.05, 0) is 42.0 Å². The van der Waals surface area contributed by atoms with E-state index in [-0.39, 0.29) is 5.91 Å². The van der Waals surface area contributed by atoms with Crippen molar-refractivity contribution in [3.63, 3.8) is 0 Å². The highest BCUT2D eigenvalue weighted by Gasteiger charge is 2.12. The maximum absolute atomic E-state index is 12.0. The van der Waals surface area contributed by atoms with Gasteiger partial charge in [0.2, 0.25) is 6.54 Å². The number of hydrogen-bond acceptors (Lipinski definition) is 1. The molecule has 122 valence electrons. The zero-order valence-corrected chi connectivity index (χ0v) is 14.5. The number of nitrogens with one attached hydrogen (secondary N) is 1. The van der Waals surface area contributed by atoms with Gasteiger partial charge in [-0.1, -0.05) is 37.6 Å². The van der Waals surface area contributed by atoms with Crippen LogP contribution >= 0.6 is 11.6 Å². The fourth-order valence-corrected chi connectivity index (χ4v) is 2.76. The van der Waals surface area contributed by atoms with E-state index in [0.717, 1.165) is 18.4 Å². The first-order chi connectivity index (χ1) is 11.1. The predicted octanol–water partition coefficient (Wildman–Crippen LogP) is 3.85. The predicted molar refractivity (Wildman–Crippen MR) is 93.3 cm³/mol. The number of hydrogen-bond donors (Lipinski definition) is 1. The summed E-state index contributed by atoms with van der Waals surface area (Å²) >= 11 is 5.85. The summed E-state index contributed by atoms with van der Waals surface area (Å²) in [6.07, 6.45) is 6.25. The van der Waals surface area contributed by atoms with Crippen LogP contribution in [-0.2, 0) is 17.9 Å². The van der Waals surface area contributed by atoms with Crippen molar-refractivity contribution in [3.8, 4) is 0 Å². The second-order valence-corrected chi connectivity index (χ2v) is 6.16. The zero-order valence-electron chi connectivity index (χ0n) is 13.8. The quantitative estimate of drug-likeness (QED) is 0.768. The van der Waals surface area contributed by atoms with E-state index in [2.05, 4.69) is 31.3 Å². The third-order valence-electron chi connectivity index (χ3n) is 4.10. The summed E-state index contributed by atoms with van der Waals surface area (Å²) in [5, 5.41) is 3.63. The molecule has 4 heteroatoms. The molecular weight excluding hydrogens is 308 g/mol. The van der Waals surface area contributed by atoms with Crippen LogP contribution in [0.1, 0.15) is 43.7 Å². The van der Waals surface area contributed by atoms with E-state index >= 15 is 0 Å². The molecule has 0 atom stereocenters. The smallest absolute Gasteiger partial charge is 0.286 e. The van der Waals surface area contributed by atoms with Crippen LogP contribution in [0.25, 0.3) is 0 Å². The van der Waals surface area contributed by atoms with Gasteiger partial charge in [0.05, 0.1) is 0 Å². The lowest BCUT2D eigenvalue weighted by Crippen LogP contribution is -2.42. The molecule has 2 aromatic rings. The van der Waals surface area contributed by atoms with Crippen LogP contribution < -0.4 is 9.88 Å². The van der Waals surface area contributed by atoms with Crippen molar-refractivity contribution in [2.24, 2.45) is 0 Å². The fourth-order valence-electron chi connectivity index (χ4n) is 2.63. The van der Waals surface area contributed by atoms with Crippen LogP contribution in [0.3, 0.4) is 0 Å². The van der Waals surface area contributed by atoms with E-state index in [0.29, 0.717) is 24.0 Å². The normalized spacial score (nSPS) is 10.8. The van der Waals surface area contributed by atoms with E-state index < -0.39 is 0 Å². The van der Waals surface area contributed by atoms with Crippen LogP contribution in [0, 0.1) is 0 Å². The maximum Gasteiger partial charge on any atom is 0.286 e. The lowest BCUT2D eigenvalue weighted by molar-refractivity contribution is -0.684. The fraction of sp³-hybridized carbons (Fsp3) is 0.368. The maximum atomic E-state index is 12.0. The number of halogens is 1. The number of carbonyl (C=O) groups excluding carboxylic acids is 1. The number of benzene rings is 1. The average Bonchev–Trinajstić information content (AvgIpc) is 2.57.